The molecular formula is C22H23FN4O2. The monoisotopic (exact) mass is 394 g/mol. The highest BCUT2D eigenvalue weighted by molar-refractivity contribution is 6.06. The molecule has 1 aromatic carbocycles. The number of morpholine rings is 1. The van der Waals surface area contributed by atoms with Crippen LogP contribution in [0.5, 0.6) is 0 Å². The van der Waals surface area contributed by atoms with Crippen LogP contribution in [-0.4, -0.2) is 41.8 Å². The van der Waals surface area contributed by atoms with E-state index in [4.69, 9.17) is 4.74 Å². The van der Waals surface area contributed by atoms with Gasteiger partial charge in [-0.3, -0.25) is 4.79 Å². The molecule has 150 valence electrons. The number of hydrogen-bond acceptors (Lipinski definition) is 4. The van der Waals surface area contributed by atoms with Crippen LogP contribution >= 0.6 is 0 Å². The smallest absolute Gasteiger partial charge is 0.257 e. The van der Waals surface area contributed by atoms with Gasteiger partial charge in [0.25, 0.3) is 5.91 Å². The Kier molecular flexibility index (Phi) is 5.31. The minimum atomic E-state index is -0.290. The molecule has 0 atom stereocenters. The zero-order valence-corrected chi connectivity index (χ0v) is 16.5. The Morgan fingerprint density at radius 2 is 1.86 bits per heavy atom. The predicted octanol–water partition coefficient (Wildman–Crippen LogP) is 3.72. The molecule has 0 saturated carbocycles. The number of carbonyl (C=O) groups is 1. The quantitative estimate of drug-likeness (QED) is 0.733. The van der Waals surface area contributed by atoms with Crippen molar-refractivity contribution in [2.45, 2.75) is 13.8 Å². The number of nitrogens with zero attached hydrogens (tertiary/aromatic N) is 3. The third-order valence-corrected chi connectivity index (χ3v) is 5.11. The summed E-state index contributed by atoms with van der Waals surface area (Å²) in [5.74, 6) is 0.256. The number of aromatic nitrogens is 2. The second-order valence-corrected chi connectivity index (χ2v) is 7.02. The Balaban J connectivity index is 1.62. The van der Waals surface area contributed by atoms with Crippen LogP contribution < -0.4 is 10.2 Å². The molecule has 0 unspecified atom stereocenters. The minimum absolute atomic E-state index is 0.200. The molecular weight excluding hydrogens is 371 g/mol. The van der Waals surface area contributed by atoms with Crippen molar-refractivity contribution in [2.24, 2.45) is 0 Å². The Hall–Kier alpha value is -3.19. The van der Waals surface area contributed by atoms with Crippen LogP contribution in [0.3, 0.4) is 0 Å². The fraction of sp³-hybridized carbons (Fsp3) is 0.273. The number of ether oxygens (including phenoxy) is 1. The lowest BCUT2D eigenvalue weighted by molar-refractivity contribution is 0.102. The number of anilines is 2. The lowest BCUT2D eigenvalue weighted by Gasteiger charge is -2.29. The normalized spacial score (nSPS) is 14.1. The average molecular weight is 394 g/mol. The molecule has 0 spiro atoms. The number of amides is 1. The van der Waals surface area contributed by atoms with Crippen LogP contribution in [0.25, 0.3) is 5.69 Å². The number of carbonyl (C=O) groups excluding carboxylic acids is 1. The predicted molar refractivity (Wildman–Crippen MR) is 110 cm³/mol. The van der Waals surface area contributed by atoms with E-state index in [1.807, 2.05) is 30.5 Å². The van der Waals surface area contributed by atoms with Gasteiger partial charge in [-0.25, -0.2) is 9.37 Å². The molecule has 0 aliphatic carbocycles. The number of pyridine rings is 1. The summed E-state index contributed by atoms with van der Waals surface area (Å²) in [5.41, 5.74) is 3.76. The molecule has 1 aliphatic rings. The van der Waals surface area contributed by atoms with E-state index in [-0.39, 0.29) is 11.7 Å². The summed E-state index contributed by atoms with van der Waals surface area (Å²) in [6.07, 6.45) is 1.72. The highest BCUT2D eigenvalue weighted by Crippen LogP contribution is 2.26. The van der Waals surface area contributed by atoms with Gasteiger partial charge in [-0.05, 0) is 56.3 Å². The van der Waals surface area contributed by atoms with Gasteiger partial charge in [0, 0.05) is 36.4 Å². The van der Waals surface area contributed by atoms with E-state index < -0.39 is 0 Å². The second-order valence-electron chi connectivity index (χ2n) is 7.02. The SMILES string of the molecule is Cc1cc(C(=O)Nc2cccnc2N2CCOCC2)c(C)n1-c1ccc(F)cc1. The van der Waals surface area contributed by atoms with Crippen molar-refractivity contribution in [3.63, 3.8) is 0 Å². The Morgan fingerprint density at radius 1 is 1.14 bits per heavy atom. The molecule has 0 bridgehead atoms. The van der Waals surface area contributed by atoms with Gasteiger partial charge < -0.3 is 19.5 Å². The van der Waals surface area contributed by atoms with Crippen LogP contribution in [0.2, 0.25) is 0 Å². The lowest BCUT2D eigenvalue weighted by Crippen LogP contribution is -2.37. The van der Waals surface area contributed by atoms with E-state index >= 15 is 0 Å². The van der Waals surface area contributed by atoms with E-state index in [9.17, 15) is 9.18 Å². The van der Waals surface area contributed by atoms with E-state index in [0.717, 1.165) is 36.0 Å². The summed E-state index contributed by atoms with van der Waals surface area (Å²) >= 11 is 0. The van der Waals surface area contributed by atoms with E-state index in [2.05, 4.69) is 15.2 Å². The summed E-state index contributed by atoms with van der Waals surface area (Å²) in [6.45, 7) is 6.57. The molecule has 3 aromatic rings. The fourth-order valence-corrected chi connectivity index (χ4v) is 3.69. The molecule has 2 aromatic heterocycles. The maximum absolute atomic E-state index is 13.3. The van der Waals surface area contributed by atoms with Gasteiger partial charge in [0.2, 0.25) is 0 Å². The van der Waals surface area contributed by atoms with Crippen LogP contribution in [0.1, 0.15) is 21.7 Å². The van der Waals surface area contributed by atoms with Crippen molar-refractivity contribution in [1.82, 2.24) is 9.55 Å². The van der Waals surface area contributed by atoms with Crippen molar-refractivity contribution < 1.29 is 13.9 Å². The number of rotatable bonds is 4. The first-order chi connectivity index (χ1) is 14.0. The summed E-state index contributed by atoms with van der Waals surface area (Å²) in [7, 11) is 0. The van der Waals surface area contributed by atoms with Gasteiger partial charge in [0.05, 0.1) is 24.5 Å². The first kappa shape index (κ1) is 19.1. The largest absolute Gasteiger partial charge is 0.378 e. The highest BCUT2D eigenvalue weighted by Gasteiger charge is 2.20. The van der Waals surface area contributed by atoms with Crippen LogP contribution in [0.15, 0.2) is 48.7 Å². The van der Waals surface area contributed by atoms with Gasteiger partial charge in [-0.2, -0.15) is 0 Å². The van der Waals surface area contributed by atoms with Crippen molar-refractivity contribution in [2.75, 3.05) is 36.5 Å². The number of aryl methyl sites for hydroxylation is 1. The molecule has 1 fully saturated rings. The number of benzene rings is 1. The molecule has 7 heteroatoms. The third kappa shape index (κ3) is 3.86. The molecule has 3 heterocycles. The number of halogens is 1. The molecule has 4 rings (SSSR count). The van der Waals surface area contributed by atoms with E-state index in [1.54, 1.807) is 24.4 Å². The first-order valence-corrected chi connectivity index (χ1v) is 9.58. The minimum Gasteiger partial charge on any atom is -0.378 e. The van der Waals surface area contributed by atoms with Gasteiger partial charge >= 0.3 is 0 Å². The van der Waals surface area contributed by atoms with Crippen molar-refractivity contribution in [3.05, 3.63) is 71.4 Å². The molecule has 29 heavy (non-hydrogen) atoms. The molecule has 1 amide bonds. The van der Waals surface area contributed by atoms with E-state index in [0.29, 0.717) is 24.5 Å². The van der Waals surface area contributed by atoms with Crippen LogP contribution in [0, 0.1) is 19.7 Å². The first-order valence-electron chi connectivity index (χ1n) is 9.58. The number of nitrogens with one attached hydrogen (secondary N) is 1. The third-order valence-electron chi connectivity index (χ3n) is 5.11. The maximum atomic E-state index is 13.3. The zero-order chi connectivity index (χ0) is 20.4. The Bertz CT molecular complexity index is 1020. The molecule has 1 aliphatic heterocycles. The van der Waals surface area contributed by atoms with E-state index in [1.165, 1.54) is 12.1 Å². The van der Waals surface area contributed by atoms with Crippen molar-refractivity contribution in [1.29, 1.82) is 0 Å². The van der Waals surface area contributed by atoms with Crippen molar-refractivity contribution >= 4 is 17.4 Å². The Labute approximate surface area is 168 Å². The summed E-state index contributed by atoms with van der Waals surface area (Å²) in [6, 6.07) is 11.7. The Morgan fingerprint density at radius 3 is 2.59 bits per heavy atom. The maximum Gasteiger partial charge on any atom is 0.257 e. The van der Waals surface area contributed by atoms with Crippen LogP contribution in [0.4, 0.5) is 15.9 Å². The summed E-state index contributed by atoms with van der Waals surface area (Å²) in [4.78, 5) is 19.6. The summed E-state index contributed by atoms with van der Waals surface area (Å²) < 4.78 is 20.6. The fourth-order valence-electron chi connectivity index (χ4n) is 3.69. The molecule has 0 radical (unpaired) electrons. The average Bonchev–Trinajstić information content (AvgIpc) is 3.04. The highest BCUT2D eigenvalue weighted by atomic mass is 19.1. The standard InChI is InChI=1S/C22H23FN4O2/c1-15-14-19(16(2)27(15)18-7-5-17(23)6-8-18)22(28)25-20-4-3-9-24-21(20)26-10-12-29-13-11-26/h3-9,14H,10-13H2,1-2H3,(H,25,28). The topological polar surface area (TPSA) is 59.4 Å². The van der Waals surface area contributed by atoms with Gasteiger partial charge in [-0.15, -0.1) is 0 Å². The lowest BCUT2D eigenvalue weighted by atomic mass is 10.2. The summed E-state index contributed by atoms with van der Waals surface area (Å²) in [5, 5.41) is 3.01. The van der Waals surface area contributed by atoms with Crippen LogP contribution in [-0.2, 0) is 4.74 Å². The van der Waals surface area contributed by atoms with Gasteiger partial charge in [0.15, 0.2) is 5.82 Å². The second kappa shape index (κ2) is 8.05. The van der Waals surface area contributed by atoms with Gasteiger partial charge in [-0.1, -0.05) is 0 Å². The zero-order valence-electron chi connectivity index (χ0n) is 16.5. The molecule has 6 nitrogen and oxygen atoms in total. The molecule has 1 saturated heterocycles. The van der Waals surface area contributed by atoms with Gasteiger partial charge in [0.1, 0.15) is 5.82 Å². The molecule has 1 N–H and O–H groups in total. The van der Waals surface area contributed by atoms with Crippen molar-refractivity contribution in [3.8, 4) is 5.69 Å². The number of hydrogen-bond donors (Lipinski definition) is 1.